The van der Waals surface area contributed by atoms with Gasteiger partial charge in [0.05, 0.1) is 11.2 Å². The van der Waals surface area contributed by atoms with E-state index >= 15 is 0 Å². The highest BCUT2D eigenvalue weighted by Gasteiger charge is 2.07. The highest BCUT2D eigenvalue weighted by atomic mass is 32.1. The molecule has 4 nitrogen and oxygen atoms in total. The van der Waals surface area contributed by atoms with Gasteiger partial charge in [-0.15, -0.1) is 11.3 Å². The van der Waals surface area contributed by atoms with E-state index in [9.17, 15) is 4.79 Å². The maximum atomic E-state index is 11.7. The zero-order chi connectivity index (χ0) is 12.3. The fourth-order valence-corrected chi connectivity index (χ4v) is 2.36. The van der Waals surface area contributed by atoms with E-state index in [1.165, 1.54) is 11.3 Å². The number of hydrogen-bond acceptors (Lipinski definition) is 3. The van der Waals surface area contributed by atoms with Crippen LogP contribution in [0.1, 0.15) is 20.2 Å². The van der Waals surface area contributed by atoms with Crippen molar-refractivity contribution in [2.75, 3.05) is 6.54 Å². The summed E-state index contributed by atoms with van der Waals surface area (Å²) >= 11 is 1.52. The second-order valence-electron chi connectivity index (χ2n) is 3.91. The molecule has 2 aromatic rings. The minimum atomic E-state index is 0.00488. The Kier molecular flexibility index (Phi) is 3.58. The number of aromatic nitrogens is 2. The van der Waals surface area contributed by atoms with Crippen molar-refractivity contribution in [1.29, 1.82) is 0 Å². The number of amides is 1. The summed E-state index contributed by atoms with van der Waals surface area (Å²) in [5.74, 6) is 0.00488. The average Bonchev–Trinajstić information content (AvgIpc) is 2.88. The van der Waals surface area contributed by atoms with Gasteiger partial charge in [-0.1, -0.05) is 0 Å². The Hall–Kier alpha value is -1.62. The number of nitrogens with zero attached hydrogens (tertiary/aromatic N) is 2. The normalized spacial score (nSPS) is 10.5. The Morgan fingerprint density at radius 2 is 2.35 bits per heavy atom. The number of nitrogens with one attached hydrogen (secondary N) is 1. The zero-order valence-electron chi connectivity index (χ0n) is 9.93. The lowest BCUT2D eigenvalue weighted by molar-refractivity contribution is 0.0958. The topological polar surface area (TPSA) is 46.9 Å². The second kappa shape index (κ2) is 5.14. The summed E-state index contributed by atoms with van der Waals surface area (Å²) in [5, 5.41) is 2.91. The molecule has 0 spiro atoms. The van der Waals surface area contributed by atoms with Crippen LogP contribution in [0.5, 0.6) is 0 Å². The van der Waals surface area contributed by atoms with Gasteiger partial charge in [0.15, 0.2) is 0 Å². The lowest BCUT2D eigenvalue weighted by Crippen LogP contribution is -2.25. The molecule has 0 fully saturated rings. The Balaban J connectivity index is 1.83. The highest BCUT2D eigenvalue weighted by molar-refractivity contribution is 7.13. The van der Waals surface area contributed by atoms with Crippen molar-refractivity contribution in [1.82, 2.24) is 14.9 Å². The van der Waals surface area contributed by atoms with Gasteiger partial charge in [0.25, 0.3) is 5.91 Å². The molecule has 2 rings (SSSR count). The number of carbonyl (C=O) groups is 1. The first kappa shape index (κ1) is 11.9. The van der Waals surface area contributed by atoms with Gasteiger partial charge in [0.1, 0.15) is 0 Å². The highest BCUT2D eigenvalue weighted by Crippen LogP contribution is 2.14. The fourth-order valence-electron chi connectivity index (χ4n) is 1.57. The molecule has 1 N–H and O–H groups in total. The molecule has 2 heterocycles. The Morgan fingerprint density at radius 1 is 1.53 bits per heavy atom. The summed E-state index contributed by atoms with van der Waals surface area (Å²) in [6, 6.07) is 3.82. The number of thiophene rings is 1. The van der Waals surface area contributed by atoms with Crippen molar-refractivity contribution in [2.24, 2.45) is 7.05 Å². The van der Waals surface area contributed by atoms with Crippen LogP contribution in [-0.2, 0) is 13.5 Å². The maximum Gasteiger partial charge on any atom is 0.261 e. The minimum absolute atomic E-state index is 0.00488. The average molecular weight is 249 g/mol. The molecular weight excluding hydrogens is 234 g/mol. The monoisotopic (exact) mass is 249 g/mol. The Morgan fingerprint density at radius 3 is 2.94 bits per heavy atom. The van der Waals surface area contributed by atoms with Crippen molar-refractivity contribution < 1.29 is 4.79 Å². The molecule has 0 aliphatic rings. The fraction of sp³-hybridized carbons (Fsp3) is 0.333. The van der Waals surface area contributed by atoms with Gasteiger partial charge < -0.3 is 9.88 Å². The van der Waals surface area contributed by atoms with Crippen LogP contribution in [0.4, 0.5) is 0 Å². The molecule has 17 heavy (non-hydrogen) atoms. The lowest BCUT2D eigenvalue weighted by Gasteiger charge is -2.04. The number of carbonyl (C=O) groups excluding carboxylic acids is 1. The molecule has 1 amide bonds. The summed E-state index contributed by atoms with van der Waals surface area (Å²) in [5.41, 5.74) is 1.12. The molecule has 0 aliphatic carbocycles. The van der Waals surface area contributed by atoms with Crippen LogP contribution >= 0.6 is 11.3 Å². The van der Waals surface area contributed by atoms with Crippen LogP contribution in [0.25, 0.3) is 0 Å². The van der Waals surface area contributed by atoms with Crippen LogP contribution < -0.4 is 5.32 Å². The van der Waals surface area contributed by atoms with Gasteiger partial charge in [-0.05, 0) is 19.1 Å². The smallest absolute Gasteiger partial charge is 0.261 e. The number of imidazole rings is 1. The van der Waals surface area contributed by atoms with E-state index in [2.05, 4.69) is 10.3 Å². The van der Waals surface area contributed by atoms with Crippen LogP contribution in [0.2, 0.25) is 0 Å². The van der Waals surface area contributed by atoms with E-state index in [4.69, 9.17) is 0 Å². The largest absolute Gasteiger partial charge is 0.351 e. The molecule has 0 atom stereocenters. The molecule has 5 heteroatoms. The van der Waals surface area contributed by atoms with E-state index in [-0.39, 0.29) is 5.91 Å². The van der Waals surface area contributed by atoms with Gasteiger partial charge in [0.2, 0.25) is 0 Å². The van der Waals surface area contributed by atoms with Gasteiger partial charge in [-0.3, -0.25) is 4.79 Å². The summed E-state index contributed by atoms with van der Waals surface area (Å²) in [6.07, 6.45) is 4.38. The van der Waals surface area contributed by atoms with E-state index in [0.29, 0.717) is 6.54 Å². The molecule has 0 radical (unpaired) electrons. The third kappa shape index (κ3) is 2.94. The van der Waals surface area contributed by atoms with Gasteiger partial charge in [-0.25, -0.2) is 4.98 Å². The maximum absolute atomic E-state index is 11.7. The van der Waals surface area contributed by atoms with E-state index in [0.717, 1.165) is 21.9 Å². The van der Waals surface area contributed by atoms with Crippen molar-refractivity contribution in [2.45, 2.75) is 13.3 Å². The third-order valence-electron chi connectivity index (χ3n) is 2.55. The first-order valence-corrected chi connectivity index (χ1v) is 6.28. The molecule has 0 saturated heterocycles. The predicted octanol–water partition coefficient (Wildman–Crippen LogP) is 1.76. The van der Waals surface area contributed by atoms with E-state index in [1.54, 1.807) is 6.33 Å². The quantitative estimate of drug-likeness (QED) is 0.897. The lowest BCUT2D eigenvalue weighted by atomic mass is 10.3. The first-order chi connectivity index (χ1) is 8.16. The second-order valence-corrected chi connectivity index (χ2v) is 5.20. The molecule has 0 aliphatic heterocycles. The Labute approximate surface area is 104 Å². The van der Waals surface area contributed by atoms with Gasteiger partial charge >= 0.3 is 0 Å². The number of aryl methyl sites for hydroxylation is 2. The molecule has 90 valence electrons. The van der Waals surface area contributed by atoms with Crippen molar-refractivity contribution >= 4 is 17.2 Å². The van der Waals surface area contributed by atoms with E-state index < -0.39 is 0 Å². The standard InChI is InChI=1S/C12H15N3OS/c1-9-3-4-11(17-9)12(16)14-6-5-10-7-13-8-15(10)2/h3-4,7-8H,5-6H2,1-2H3,(H,14,16). The molecule has 2 aromatic heterocycles. The number of rotatable bonds is 4. The summed E-state index contributed by atoms with van der Waals surface area (Å²) < 4.78 is 1.96. The minimum Gasteiger partial charge on any atom is -0.351 e. The van der Waals surface area contributed by atoms with Gasteiger partial charge in [-0.2, -0.15) is 0 Å². The van der Waals surface area contributed by atoms with Crippen LogP contribution in [-0.4, -0.2) is 22.0 Å². The third-order valence-corrected chi connectivity index (χ3v) is 3.55. The molecule has 0 bridgehead atoms. The van der Waals surface area contributed by atoms with Crippen molar-refractivity contribution in [3.05, 3.63) is 40.1 Å². The van der Waals surface area contributed by atoms with Crippen molar-refractivity contribution in [3.63, 3.8) is 0 Å². The van der Waals surface area contributed by atoms with Crippen LogP contribution in [0, 0.1) is 6.92 Å². The summed E-state index contributed by atoms with van der Waals surface area (Å²) in [4.78, 5) is 17.7. The number of hydrogen-bond donors (Lipinski definition) is 1. The predicted molar refractivity (Wildman–Crippen MR) is 68.3 cm³/mol. The van der Waals surface area contributed by atoms with Gasteiger partial charge in [0, 0.05) is 36.8 Å². The molecule has 0 saturated carbocycles. The van der Waals surface area contributed by atoms with Crippen LogP contribution in [0.15, 0.2) is 24.7 Å². The zero-order valence-corrected chi connectivity index (χ0v) is 10.8. The first-order valence-electron chi connectivity index (χ1n) is 5.46. The molecule has 0 unspecified atom stereocenters. The van der Waals surface area contributed by atoms with E-state index in [1.807, 2.05) is 36.9 Å². The summed E-state index contributed by atoms with van der Waals surface area (Å²) in [6.45, 7) is 2.63. The summed E-state index contributed by atoms with van der Waals surface area (Å²) in [7, 11) is 1.95. The Bertz CT molecular complexity index is 515. The van der Waals surface area contributed by atoms with Crippen LogP contribution in [0.3, 0.4) is 0 Å². The molecular formula is C12H15N3OS. The molecule has 0 aromatic carbocycles. The SMILES string of the molecule is Cc1ccc(C(=O)NCCc2cncn2C)s1. The van der Waals surface area contributed by atoms with Crippen molar-refractivity contribution in [3.8, 4) is 0 Å².